The Morgan fingerprint density at radius 3 is 2.40 bits per heavy atom. The monoisotopic (exact) mass is 269 g/mol. The predicted octanol–water partition coefficient (Wildman–Crippen LogP) is 4.24. The molecule has 0 spiro atoms. The lowest BCUT2D eigenvalue weighted by atomic mass is 10.0. The van der Waals surface area contributed by atoms with E-state index in [9.17, 15) is 4.39 Å². The number of hydrogen-bond acceptors (Lipinski definition) is 2. The highest BCUT2D eigenvalue weighted by Crippen LogP contribution is 2.29. The second kappa shape index (κ2) is 4.76. The molecule has 0 saturated heterocycles. The second-order valence-corrected chi connectivity index (χ2v) is 5.21. The first kappa shape index (κ1) is 12.9. The molecule has 1 aromatic heterocycles. The Morgan fingerprint density at radius 1 is 1.05 bits per heavy atom. The van der Waals surface area contributed by atoms with Crippen LogP contribution in [0.15, 0.2) is 46.9 Å². The summed E-state index contributed by atoms with van der Waals surface area (Å²) in [6.07, 6.45) is 0. The van der Waals surface area contributed by atoms with Gasteiger partial charge in [0.15, 0.2) is 11.4 Å². The van der Waals surface area contributed by atoms with Crippen molar-refractivity contribution in [3.05, 3.63) is 70.7 Å². The molecule has 1 heterocycles. The number of furan rings is 1. The SMILES string of the molecule is Cc1cc(C)cc(C(N)c2cc3cccc(F)c3o2)c1. The van der Waals surface area contributed by atoms with E-state index in [4.69, 9.17) is 10.2 Å². The van der Waals surface area contributed by atoms with Gasteiger partial charge in [0.05, 0.1) is 6.04 Å². The Bertz CT molecular complexity index is 756. The average Bonchev–Trinajstić information content (AvgIpc) is 2.82. The summed E-state index contributed by atoms with van der Waals surface area (Å²) in [5.74, 6) is 0.219. The molecular formula is C17H16FNO. The molecule has 0 radical (unpaired) electrons. The molecule has 2 aromatic carbocycles. The van der Waals surface area contributed by atoms with Crippen LogP contribution >= 0.6 is 0 Å². The van der Waals surface area contributed by atoms with Crippen LogP contribution in [0.1, 0.15) is 28.5 Å². The molecule has 0 saturated carbocycles. The summed E-state index contributed by atoms with van der Waals surface area (Å²) in [6, 6.07) is 12.4. The van der Waals surface area contributed by atoms with E-state index in [0.717, 1.165) is 22.1 Å². The molecule has 2 nitrogen and oxygen atoms in total. The summed E-state index contributed by atoms with van der Waals surface area (Å²) in [5, 5.41) is 0.736. The minimum absolute atomic E-state index is 0.266. The zero-order valence-corrected chi connectivity index (χ0v) is 11.5. The zero-order chi connectivity index (χ0) is 14.3. The lowest BCUT2D eigenvalue weighted by Crippen LogP contribution is -2.11. The molecule has 1 atom stereocenters. The minimum Gasteiger partial charge on any atom is -0.456 e. The molecule has 102 valence electrons. The van der Waals surface area contributed by atoms with E-state index in [1.807, 2.05) is 32.0 Å². The molecule has 0 aliphatic carbocycles. The fourth-order valence-electron chi connectivity index (χ4n) is 2.55. The van der Waals surface area contributed by atoms with Gasteiger partial charge < -0.3 is 10.2 Å². The van der Waals surface area contributed by atoms with E-state index in [1.165, 1.54) is 6.07 Å². The Labute approximate surface area is 117 Å². The number of aryl methyl sites for hydroxylation is 2. The van der Waals surface area contributed by atoms with Crippen molar-refractivity contribution in [1.29, 1.82) is 0 Å². The molecular weight excluding hydrogens is 253 g/mol. The van der Waals surface area contributed by atoms with Crippen molar-refractivity contribution >= 4 is 11.0 Å². The van der Waals surface area contributed by atoms with Crippen LogP contribution in [-0.4, -0.2) is 0 Å². The number of rotatable bonds is 2. The predicted molar refractivity (Wildman–Crippen MR) is 78.1 cm³/mol. The van der Waals surface area contributed by atoms with E-state index in [-0.39, 0.29) is 17.4 Å². The summed E-state index contributed by atoms with van der Waals surface area (Å²) in [4.78, 5) is 0. The highest BCUT2D eigenvalue weighted by atomic mass is 19.1. The fraction of sp³-hybridized carbons (Fsp3) is 0.176. The lowest BCUT2D eigenvalue weighted by molar-refractivity contribution is 0.502. The van der Waals surface area contributed by atoms with Gasteiger partial charge in [-0.3, -0.25) is 0 Å². The topological polar surface area (TPSA) is 39.2 Å². The summed E-state index contributed by atoms with van der Waals surface area (Å²) < 4.78 is 19.3. The van der Waals surface area contributed by atoms with Crippen LogP contribution in [0.2, 0.25) is 0 Å². The maximum absolute atomic E-state index is 13.7. The summed E-state index contributed by atoms with van der Waals surface area (Å²) in [7, 11) is 0. The first-order chi connectivity index (χ1) is 9.54. The number of benzene rings is 2. The summed E-state index contributed by atoms with van der Waals surface area (Å²) >= 11 is 0. The van der Waals surface area contributed by atoms with Gasteiger partial charge in [-0.2, -0.15) is 0 Å². The van der Waals surface area contributed by atoms with E-state index < -0.39 is 0 Å². The molecule has 2 N–H and O–H groups in total. The van der Waals surface area contributed by atoms with Gasteiger partial charge in [-0.25, -0.2) is 4.39 Å². The quantitative estimate of drug-likeness (QED) is 0.756. The number of para-hydroxylation sites is 1. The number of fused-ring (bicyclic) bond motifs is 1. The number of halogens is 1. The number of hydrogen-bond donors (Lipinski definition) is 1. The second-order valence-electron chi connectivity index (χ2n) is 5.21. The van der Waals surface area contributed by atoms with Crippen molar-refractivity contribution in [2.45, 2.75) is 19.9 Å². The van der Waals surface area contributed by atoms with Crippen LogP contribution in [-0.2, 0) is 0 Å². The van der Waals surface area contributed by atoms with Gasteiger partial charge in [0.2, 0.25) is 0 Å². The molecule has 20 heavy (non-hydrogen) atoms. The highest BCUT2D eigenvalue weighted by molar-refractivity contribution is 5.78. The third-order valence-electron chi connectivity index (χ3n) is 3.42. The van der Waals surface area contributed by atoms with Crippen molar-refractivity contribution in [2.24, 2.45) is 5.73 Å². The first-order valence-corrected chi connectivity index (χ1v) is 6.56. The van der Waals surface area contributed by atoms with Crippen LogP contribution in [0.5, 0.6) is 0 Å². The van der Waals surface area contributed by atoms with Crippen LogP contribution in [0, 0.1) is 19.7 Å². The molecule has 3 aromatic rings. The molecule has 0 aliphatic heterocycles. The number of nitrogens with two attached hydrogens (primary N) is 1. The maximum Gasteiger partial charge on any atom is 0.169 e. The zero-order valence-electron chi connectivity index (χ0n) is 11.5. The Hall–Kier alpha value is -2.13. The Kier molecular flexibility index (Phi) is 3.07. The van der Waals surface area contributed by atoms with Gasteiger partial charge >= 0.3 is 0 Å². The first-order valence-electron chi connectivity index (χ1n) is 6.56. The highest BCUT2D eigenvalue weighted by Gasteiger charge is 2.16. The van der Waals surface area contributed by atoms with Crippen LogP contribution in [0.4, 0.5) is 4.39 Å². The van der Waals surface area contributed by atoms with Crippen molar-refractivity contribution in [3.8, 4) is 0 Å². The van der Waals surface area contributed by atoms with Gasteiger partial charge in [0.1, 0.15) is 5.76 Å². The molecule has 1 unspecified atom stereocenters. The maximum atomic E-state index is 13.7. The largest absolute Gasteiger partial charge is 0.456 e. The lowest BCUT2D eigenvalue weighted by Gasteiger charge is -2.11. The van der Waals surface area contributed by atoms with E-state index in [2.05, 4.69) is 6.07 Å². The van der Waals surface area contributed by atoms with Gasteiger partial charge in [0, 0.05) is 5.39 Å². The molecule has 0 fully saturated rings. The summed E-state index contributed by atoms with van der Waals surface area (Å²) in [6.45, 7) is 4.06. The Balaban J connectivity index is 2.07. The summed E-state index contributed by atoms with van der Waals surface area (Å²) in [5.41, 5.74) is 9.79. The average molecular weight is 269 g/mol. The van der Waals surface area contributed by atoms with Crippen molar-refractivity contribution in [2.75, 3.05) is 0 Å². The normalized spacial score (nSPS) is 12.8. The van der Waals surface area contributed by atoms with Crippen LogP contribution in [0.3, 0.4) is 0 Å². The van der Waals surface area contributed by atoms with E-state index in [1.54, 1.807) is 12.1 Å². The third-order valence-corrected chi connectivity index (χ3v) is 3.42. The Morgan fingerprint density at radius 2 is 1.75 bits per heavy atom. The van der Waals surface area contributed by atoms with Crippen LogP contribution < -0.4 is 5.73 Å². The molecule has 0 amide bonds. The molecule has 0 aliphatic rings. The van der Waals surface area contributed by atoms with Gasteiger partial charge in [-0.1, -0.05) is 41.5 Å². The fourth-order valence-corrected chi connectivity index (χ4v) is 2.55. The van der Waals surface area contributed by atoms with E-state index >= 15 is 0 Å². The molecule has 3 rings (SSSR count). The van der Waals surface area contributed by atoms with Crippen molar-refractivity contribution in [1.82, 2.24) is 0 Å². The van der Waals surface area contributed by atoms with Crippen LogP contribution in [0.25, 0.3) is 11.0 Å². The van der Waals surface area contributed by atoms with Crippen molar-refractivity contribution in [3.63, 3.8) is 0 Å². The van der Waals surface area contributed by atoms with Crippen molar-refractivity contribution < 1.29 is 8.81 Å². The van der Waals surface area contributed by atoms with Gasteiger partial charge in [-0.05, 0) is 31.5 Å². The van der Waals surface area contributed by atoms with E-state index in [0.29, 0.717) is 5.76 Å². The molecule has 0 bridgehead atoms. The molecule has 3 heteroatoms. The third kappa shape index (κ3) is 2.21. The minimum atomic E-state index is -0.389. The van der Waals surface area contributed by atoms with Gasteiger partial charge in [-0.15, -0.1) is 0 Å². The standard InChI is InChI=1S/C17H16FNO/c1-10-6-11(2)8-13(7-10)16(19)15-9-12-4-3-5-14(18)17(12)20-15/h3-9,16H,19H2,1-2H3. The van der Waals surface area contributed by atoms with Gasteiger partial charge in [0.25, 0.3) is 0 Å². The smallest absolute Gasteiger partial charge is 0.169 e.